The van der Waals surface area contributed by atoms with Gasteiger partial charge in [-0.3, -0.25) is 4.98 Å². The summed E-state index contributed by atoms with van der Waals surface area (Å²) in [7, 11) is 0. The van der Waals surface area contributed by atoms with Gasteiger partial charge in [-0.25, -0.2) is 0 Å². The first-order chi connectivity index (χ1) is 9.65. The minimum atomic E-state index is 0.640. The SMILES string of the molecule is Cc1ccncc1NC1C2CCCC1CN(C(C)C)C2. The van der Waals surface area contributed by atoms with Gasteiger partial charge in [-0.15, -0.1) is 0 Å². The number of fused-ring (bicyclic) bond motifs is 2. The quantitative estimate of drug-likeness (QED) is 0.916. The first-order valence-corrected chi connectivity index (χ1v) is 8.06. The third-order valence-electron chi connectivity index (χ3n) is 5.20. The number of hydrogen-bond donors (Lipinski definition) is 1. The molecule has 1 saturated carbocycles. The Balaban J connectivity index is 1.75. The van der Waals surface area contributed by atoms with Crippen molar-refractivity contribution < 1.29 is 0 Å². The van der Waals surface area contributed by atoms with Crippen molar-refractivity contribution in [3.05, 3.63) is 24.0 Å². The number of pyridine rings is 1. The predicted molar refractivity (Wildman–Crippen MR) is 83.9 cm³/mol. The van der Waals surface area contributed by atoms with E-state index in [1.54, 1.807) is 0 Å². The van der Waals surface area contributed by atoms with Gasteiger partial charge in [0.15, 0.2) is 0 Å². The van der Waals surface area contributed by atoms with E-state index in [9.17, 15) is 0 Å². The molecule has 3 nitrogen and oxygen atoms in total. The van der Waals surface area contributed by atoms with Crippen molar-refractivity contribution in [2.45, 2.75) is 52.1 Å². The molecule has 1 aromatic heterocycles. The number of rotatable bonds is 3. The van der Waals surface area contributed by atoms with Crippen LogP contribution in [0.15, 0.2) is 18.5 Å². The Morgan fingerprint density at radius 2 is 1.95 bits per heavy atom. The zero-order valence-electron chi connectivity index (χ0n) is 13.0. The summed E-state index contributed by atoms with van der Waals surface area (Å²) in [5, 5.41) is 3.82. The highest BCUT2D eigenvalue weighted by Crippen LogP contribution is 2.37. The molecule has 2 bridgehead atoms. The number of aromatic nitrogens is 1. The molecule has 2 heterocycles. The van der Waals surface area contributed by atoms with Gasteiger partial charge in [-0.1, -0.05) is 6.42 Å². The first kappa shape index (κ1) is 13.9. The summed E-state index contributed by atoms with van der Waals surface area (Å²) in [4.78, 5) is 6.94. The number of piperidine rings is 1. The van der Waals surface area contributed by atoms with Gasteiger partial charge in [0.25, 0.3) is 0 Å². The molecular formula is C17H27N3. The van der Waals surface area contributed by atoms with E-state index < -0.39 is 0 Å². The van der Waals surface area contributed by atoms with E-state index in [-0.39, 0.29) is 0 Å². The van der Waals surface area contributed by atoms with Crippen LogP contribution in [0.4, 0.5) is 5.69 Å². The van der Waals surface area contributed by atoms with Crippen molar-refractivity contribution >= 4 is 5.69 Å². The lowest BCUT2D eigenvalue weighted by molar-refractivity contribution is 0.0518. The minimum Gasteiger partial charge on any atom is -0.380 e. The fourth-order valence-electron chi connectivity index (χ4n) is 3.92. The number of nitrogens with one attached hydrogen (secondary N) is 1. The molecule has 1 N–H and O–H groups in total. The van der Waals surface area contributed by atoms with E-state index in [1.807, 2.05) is 12.4 Å². The Kier molecular flexibility index (Phi) is 3.97. The van der Waals surface area contributed by atoms with Crippen LogP contribution in [0.25, 0.3) is 0 Å². The highest BCUT2D eigenvalue weighted by Gasteiger charge is 2.40. The van der Waals surface area contributed by atoms with Gasteiger partial charge in [-0.2, -0.15) is 0 Å². The Morgan fingerprint density at radius 1 is 1.25 bits per heavy atom. The second kappa shape index (κ2) is 5.72. The second-order valence-electron chi connectivity index (χ2n) is 6.86. The maximum atomic E-state index is 4.28. The average molecular weight is 273 g/mol. The van der Waals surface area contributed by atoms with Gasteiger partial charge >= 0.3 is 0 Å². The van der Waals surface area contributed by atoms with Crippen molar-refractivity contribution in [3.63, 3.8) is 0 Å². The zero-order valence-corrected chi connectivity index (χ0v) is 13.0. The van der Waals surface area contributed by atoms with Crippen LogP contribution in [-0.2, 0) is 0 Å². The van der Waals surface area contributed by atoms with Gasteiger partial charge in [0.2, 0.25) is 0 Å². The molecular weight excluding hydrogens is 246 g/mol. The van der Waals surface area contributed by atoms with E-state index in [0.717, 1.165) is 11.8 Å². The maximum Gasteiger partial charge on any atom is 0.0558 e. The monoisotopic (exact) mass is 273 g/mol. The third kappa shape index (κ3) is 2.69. The predicted octanol–water partition coefficient (Wildman–Crippen LogP) is 3.31. The smallest absolute Gasteiger partial charge is 0.0558 e. The number of hydrogen-bond acceptors (Lipinski definition) is 3. The lowest BCUT2D eigenvalue weighted by Gasteiger charge is -2.49. The van der Waals surface area contributed by atoms with Crippen LogP contribution < -0.4 is 5.32 Å². The van der Waals surface area contributed by atoms with Gasteiger partial charge in [-0.05, 0) is 57.1 Å². The van der Waals surface area contributed by atoms with E-state index in [2.05, 4.69) is 42.0 Å². The summed E-state index contributed by atoms with van der Waals surface area (Å²) >= 11 is 0. The molecule has 2 unspecified atom stereocenters. The summed E-state index contributed by atoms with van der Waals surface area (Å²) in [5.41, 5.74) is 2.54. The largest absolute Gasteiger partial charge is 0.380 e. The molecule has 110 valence electrons. The molecule has 2 fully saturated rings. The lowest BCUT2D eigenvalue weighted by atomic mass is 9.73. The van der Waals surface area contributed by atoms with E-state index >= 15 is 0 Å². The van der Waals surface area contributed by atoms with Crippen LogP contribution in [0.3, 0.4) is 0 Å². The van der Waals surface area contributed by atoms with Crippen LogP contribution in [0.5, 0.6) is 0 Å². The van der Waals surface area contributed by atoms with Gasteiger partial charge in [0, 0.05) is 31.4 Å². The number of nitrogens with zero attached hydrogens (tertiary/aromatic N) is 2. The summed E-state index contributed by atoms with van der Waals surface area (Å²) < 4.78 is 0. The summed E-state index contributed by atoms with van der Waals surface area (Å²) in [6.45, 7) is 9.34. The molecule has 1 aliphatic carbocycles. The molecule has 0 amide bonds. The van der Waals surface area contributed by atoms with Gasteiger partial charge < -0.3 is 10.2 Å². The molecule has 3 heteroatoms. The topological polar surface area (TPSA) is 28.2 Å². The molecule has 2 aliphatic rings. The number of aryl methyl sites for hydroxylation is 1. The van der Waals surface area contributed by atoms with Crippen molar-refractivity contribution in [1.82, 2.24) is 9.88 Å². The van der Waals surface area contributed by atoms with Crippen LogP contribution in [0.2, 0.25) is 0 Å². The van der Waals surface area contributed by atoms with Crippen LogP contribution in [-0.4, -0.2) is 35.1 Å². The van der Waals surface area contributed by atoms with Crippen LogP contribution in [0, 0.1) is 18.8 Å². The molecule has 1 saturated heterocycles. The lowest BCUT2D eigenvalue weighted by Crippen LogP contribution is -2.56. The second-order valence-corrected chi connectivity index (χ2v) is 6.86. The Bertz CT molecular complexity index is 443. The average Bonchev–Trinajstić information content (AvgIpc) is 2.40. The Labute approximate surface area is 122 Å². The molecule has 0 aromatic carbocycles. The van der Waals surface area contributed by atoms with Crippen molar-refractivity contribution in [3.8, 4) is 0 Å². The zero-order chi connectivity index (χ0) is 14.1. The van der Waals surface area contributed by atoms with Crippen LogP contribution in [0.1, 0.15) is 38.7 Å². The van der Waals surface area contributed by atoms with Crippen molar-refractivity contribution in [2.75, 3.05) is 18.4 Å². The fraction of sp³-hybridized carbons (Fsp3) is 0.706. The Morgan fingerprint density at radius 3 is 2.55 bits per heavy atom. The van der Waals surface area contributed by atoms with E-state index in [0.29, 0.717) is 12.1 Å². The van der Waals surface area contributed by atoms with Gasteiger partial charge in [0.1, 0.15) is 0 Å². The van der Waals surface area contributed by atoms with E-state index in [4.69, 9.17) is 0 Å². The number of anilines is 1. The summed E-state index contributed by atoms with van der Waals surface area (Å²) in [5.74, 6) is 1.59. The molecule has 20 heavy (non-hydrogen) atoms. The molecule has 0 radical (unpaired) electrons. The third-order valence-corrected chi connectivity index (χ3v) is 5.20. The van der Waals surface area contributed by atoms with Crippen molar-refractivity contribution in [1.29, 1.82) is 0 Å². The summed E-state index contributed by atoms with van der Waals surface area (Å²) in [6.07, 6.45) is 8.02. The standard InChI is InChI=1S/C17H27N3/c1-12(2)20-10-14-5-4-6-15(11-20)17(14)19-16-9-18-8-7-13(16)3/h7-9,12,14-15,17,19H,4-6,10-11H2,1-3H3. The highest BCUT2D eigenvalue weighted by atomic mass is 15.2. The first-order valence-electron chi connectivity index (χ1n) is 8.06. The maximum absolute atomic E-state index is 4.28. The Hall–Kier alpha value is -1.09. The molecule has 1 aliphatic heterocycles. The molecule has 0 spiro atoms. The van der Waals surface area contributed by atoms with Crippen molar-refractivity contribution in [2.24, 2.45) is 11.8 Å². The molecule has 1 aromatic rings. The highest BCUT2D eigenvalue weighted by molar-refractivity contribution is 5.49. The van der Waals surface area contributed by atoms with E-state index in [1.165, 1.54) is 43.6 Å². The normalized spacial score (nSPS) is 30.5. The molecule has 2 atom stereocenters. The fourth-order valence-corrected chi connectivity index (χ4v) is 3.92. The molecule has 3 rings (SSSR count). The summed E-state index contributed by atoms with van der Waals surface area (Å²) in [6, 6.07) is 3.42. The number of likely N-dealkylation sites (tertiary alicyclic amines) is 1. The van der Waals surface area contributed by atoms with Crippen LogP contribution >= 0.6 is 0 Å². The van der Waals surface area contributed by atoms with Gasteiger partial charge in [0.05, 0.1) is 11.9 Å². The minimum absolute atomic E-state index is 0.640.